The summed E-state index contributed by atoms with van der Waals surface area (Å²) >= 11 is 0. The number of nitrogens with one attached hydrogen (secondary N) is 1. The fourth-order valence-electron chi connectivity index (χ4n) is 2.38. The molecule has 0 saturated heterocycles. The summed E-state index contributed by atoms with van der Waals surface area (Å²) in [4.78, 5) is 24.2. The molecule has 0 aliphatic heterocycles. The summed E-state index contributed by atoms with van der Waals surface area (Å²) in [5.41, 5.74) is 3.64. The van der Waals surface area contributed by atoms with Crippen LogP contribution in [-0.4, -0.2) is 25.2 Å². The summed E-state index contributed by atoms with van der Waals surface area (Å²) in [7, 11) is 1.54. The smallest absolute Gasteiger partial charge is 0.343 e. The molecule has 1 amide bonds. The second-order valence-corrected chi connectivity index (χ2v) is 5.90. The van der Waals surface area contributed by atoms with Gasteiger partial charge in [0.15, 0.2) is 0 Å². The minimum absolute atomic E-state index is 0.283. The van der Waals surface area contributed by atoms with E-state index in [-0.39, 0.29) is 5.56 Å². The first kappa shape index (κ1) is 19.8. The van der Waals surface area contributed by atoms with Crippen molar-refractivity contribution in [2.75, 3.05) is 7.11 Å². The van der Waals surface area contributed by atoms with Crippen molar-refractivity contribution in [1.29, 1.82) is 0 Å². The van der Waals surface area contributed by atoms with Gasteiger partial charge in [-0.2, -0.15) is 5.10 Å². The van der Waals surface area contributed by atoms with Gasteiger partial charge in [0.2, 0.25) is 0 Å². The third-order valence-electron chi connectivity index (χ3n) is 3.88. The Hall–Kier alpha value is -4.00. The summed E-state index contributed by atoms with van der Waals surface area (Å²) in [6.07, 6.45) is 1.41. The third kappa shape index (κ3) is 5.49. The number of esters is 1. The van der Waals surface area contributed by atoms with Gasteiger partial charge in [0.25, 0.3) is 5.91 Å². The molecule has 0 aliphatic rings. The fourth-order valence-corrected chi connectivity index (χ4v) is 2.38. The van der Waals surface area contributed by atoms with Crippen molar-refractivity contribution in [3.05, 3.63) is 95.3 Å². The highest BCUT2D eigenvalue weighted by Gasteiger charge is 2.09. The van der Waals surface area contributed by atoms with E-state index in [4.69, 9.17) is 9.47 Å². The molecule has 7 heteroatoms. The van der Waals surface area contributed by atoms with Crippen molar-refractivity contribution >= 4 is 18.1 Å². The lowest BCUT2D eigenvalue weighted by atomic mass is 10.2. The first-order chi connectivity index (χ1) is 14.0. The summed E-state index contributed by atoms with van der Waals surface area (Å²) in [6.45, 7) is 0. The second kappa shape index (κ2) is 9.27. The SMILES string of the molecule is COc1ccc(C(=O)Oc2cccc(/C=N\NC(=O)c3ccc(F)cc3)c2)cc1. The Labute approximate surface area is 166 Å². The number of carbonyl (C=O) groups excluding carboxylic acids is 2. The van der Waals surface area contributed by atoms with E-state index in [9.17, 15) is 14.0 Å². The van der Waals surface area contributed by atoms with Crippen molar-refractivity contribution < 1.29 is 23.5 Å². The van der Waals surface area contributed by atoms with E-state index in [1.165, 1.54) is 30.5 Å². The van der Waals surface area contributed by atoms with Gasteiger partial charge in [-0.05, 0) is 66.2 Å². The molecule has 0 heterocycles. The molecule has 0 bridgehead atoms. The Kier molecular flexibility index (Phi) is 6.32. The Morgan fingerprint density at radius 2 is 1.62 bits per heavy atom. The molecule has 3 rings (SSSR count). The molecular formula is C22H17FN2O4. The van der Waals surface area contributed by atoms with Gasteiger partial charge >= 0.3 is 5.97 Å². The van der Waals surface area contributed by atoms with Crippen LogP contribution in [0.5, 0.6) is 11.5 Å². The number of rotatable bonds is 6. The number of ether oxygens (including phenoxy) is 2. The highest BCUT2D eigenvalue weighted by atomic mass is 19.1. The summed E-state index contributed by atoms with van der Waals surface area (Å²) < 4.78 is 23.3. The lowest BCUT2D eigenvalue weighted by Gasteiger charge is -2.06. The molecule has 0 unspecified atom stereocenters. The van der Waals surface area contributed by atoms with Crippen molar-refractivity contribution in [3.8, 4) is 11.5 Å². The average Bonchev–Trinajstić information content (AvgIpc) is 2.74. The van der Waals surface area contributed by atoms with Crippen molar-refractivity contribution in [2.45, 2.75) is 0 Å². The predicted molar refractivity (Wildman–Crippen MR) is 106 cm³/mol. The molecule has 0 spiro atoms. The fraction of sp³-hybridized carbons (Fsp3) is 0.0455. The zero-order chi connectivity index (χ0) is 20.6. The molecule has 3 aromatic carbocycles. The highest BCUT2D eigenvalue weighted by molar-refractivity contribution is 5.95. The Morgan fingerprint density at radius 3 is 2.31 bits per heavy atom. The molecule has 0 aromatic heterocycles. The van der Waals surface area contributed by atoms with Crippen LogP contribution >= 0.6 is 0 Å². The van der Waals surface area contributed by atoms with Crippen LogP contribution in [0.3, 0.4) is 0 Å². The number of hydrogen-bond donors (Lipinski definition) is 1. The number of methoxy groups -OCH3 is 1. The van der Waals surface area contributed by atoms with Crippen molar-refractivity contribution in [3.63, 3.8) is 0 Å². The maximum absolute atomic E-state index is 12.9. The second-order valence-electron chi connectivity index (χ2n) is 5.90. The monoisotopic (exact) mass is 392 g/mol. The first-order valence-electron chi connectivity index (χ1n) is 8.60. The first-order valence-corrected chi connectivity index (χ1v) is 8.60. The summed E-state index contributed by atoms with van der Waals surface area (Å²) in [6, 6.07) is 18.3. The van der Waals surface area contributed by atoms with Gasteiger partial charge in [-0.25, -0.2) is 14.6 Å². The number of hydrazone groups is 1. The largest absolute Gasteiger partial charge is 0.497 e. The van der Waals surface area contributed by atoms with Gasteiger partial charge in [-0.3, -0.25) is 4.79 Å². The molecule has 146 valence electrons. The molecule has 3 aromatic rings. The Balaban J connectivity index is 1.61. The zero-order valence-corrected chi connectivity index (χ0v) is 15.5. The maximum Gasteiger partial charge on any atom is 0.343 e. The number of benzene rings is 3. The van der Waals surface area contributed by atoms with Gasteiger partial charge in [0.05, 0.1) is 18.9 Å². The lowest BCUT2D eigenvalue weighted by Crippen LogP contribution is -2.17. The average molecular weight is 392 g/mol. The predicted octanol–water partition coefficient (Wildman–Crippen LogP) is 3.82. The molecule has 1 N–H and O–H groups in total. The van der Waals surface area contributed by atoms with Crippen molar-refractivity contribution in [2.24, 2.45) is 5.10 Å². The van der Waals surface area contributed by atoms with Crippen molar-refractivity contribution in [1.82, 2.24) is 5.43 Å². The topological polar surface area (TPSA) is 77.0 Å². The maximum atomic E-state index is 12.9. The molecule has 0 fully saturated rings. The van der Waals surface area contributed by atoms with E-state index < -0.39 is 17.7 Å². The number of halogens is 1. The molecule has 6 nitrogen and oxygen atoms in total. The lowest BCUT2D eigenvalue weighted by molar-refractivity contribution is 0.0734. The molecule has 0 aliphatic carbocycles. The van der Waals surface area contributed by atoms with Gasteiger partial charge in [-0.1, -0.05) is 12.1 Å². The molecule has 0 radical (unpaired) electrons. The summed E-state index contributed by atoms with van der Waals surface area (Å²) in [5, 5.41) is 3.87. The minimum Gasteiger partial charge on any atom is -0.497 e. The van der Waals surface area contributed by atoms with Gasteiger partial charge in [0, 0.05) is 5.56 Å². The summed E-state index contributed by atoms with van der Waals surface area (Å²) in [5.74, 6) is -0.428. The van der Waals surface area contributed by atoms with E-state index in [0.29, 0.717) is 22.6 Å². The van der Waals surface area contributed by atoms with Crippen LogP contribution in [-0.2, 0) is 0 Å². The highest BCUT2D eigenvalue weighted by Crippen LogP contribution is 2.16. The van der Waals surface area contributed by atoms with E-state index in [1.54, 1.807) is 55.6 Å². The quantitative estimate of drug-likeness (QED) is 0.299. The van der Waals surface area contributed by atoms with E-state index in [2.05, 4.69) is 10.5 Å². The molecule has 29 heavy (non-hydrogen) atoms. The minimum atomic E-state index is -0.508. The Morgan fingerprint density at radius 1 is 0.931 bits per heavy atom. The van der Waals surface area contributed by atoms with Crippen LogP contribution in [0.2, 0.25) is 0 Å². The number of nitrogens with zero attached hydrogens (tertiary/aromatic N) is 1. The zero-order valence-electron chi connectivity index (χ0n) is 15.5. The number of hydrogen-bond acceptors (Lipinski definition) is 5. The van der Waals surface area contributed by atoms with Crippen LogP contribution in [0.25, 0.3) is 0 Å². The van der Waals surface area contributed by atoms with E-state index >= 15 is 0 Å². The Bertz CT molecular complexity index is 1030. The van der Waals surface area contributed by atoms with E-state index in [1.807, 2.05) is 0 Å². The molecular weight excluding hydrogens is 375 g/mol. The van der Waals surface area contributed by atoms with Crippen LogP contribution < -0.4 is 14.9 Å². The third-order valence-corrected chi connectivity index (χ3v) is 3.88. The van der Waals surface area contributed by atoms with E-state index in [0.717, 1.165) is 0 Å². The molecule has 0 atom stereocenters. The van der Waals surface area contributed by atoms with Gasteiger partial charge in [0.1, 0.15) is 17.3 Å². The van der Waals surface area contributed by atoms with Crippen LogP contribution in [0.1, 0.15) is 26.3 Å². The standard InChI is InChI=1S/C22H17FN2O4/c1-28-19-11-7-17(8-12-19)22(27)29-20-4-2-3-15(13-20)14-24-25-21(26)16-5-9-18(23)10-6-16/h2-14H,1H3,(H,25,26)/b24-14-. The van der Waals surface area contributed by atoms with Crippen LogP contribution in [0.15, 0.2) is 77.9 Å². The number of amides is 1. The van der Waals surface area contributed by atoms with Gasteiger partial charge < -0.3 is 9.47 Å². The normalized spacial score (nSPS) is 10.6. The number of carbonyl (C=O) groups is 2. The van der Waals surface area contributed by atoms with Crippen LogP contribution in [0, 0.1) is 5.82 Å². The van der Waals surface area contributed by atoms with Crippen LogP contribution in [0.4, 0.5) is 4.39 Å². The molecule has 0 saturated carbocycles. The van der Waals surface area contributed by atoms with Gasteiger partial charge in [-0.15, -0.1) is 0 Å².